The van der Waals surface area contributed by atoms with Crippen LogP contribution in [0.2, 0.25) is 0 Å². The molecule has 1 rings (SSSR count). The lowest BCUT2D eigenvalue weighted by Crippen LogP contribution is -2.11. The van der Waals surface area contributed by atoms with Crippen molar-refractivity contribution in [1.82, 2.24) is 0 Å². The molecule has 0 radical (unpaired) electrons. The lowest BCUT2D eigenvalue weighted by Gasteiger charge is -2.13. The van der Waals surface area contributed by atoms with Crippen molar-refractivity contribution < 1.29 is 9.13 Å². The fourth-order valence-corrected chi connectivity index (χ4v) is 1.24. The quantitative estimate of drug-likeness (QED) is 0.866. The minimum atomic E-state index is -0.509. The van der Waals surface area contributed by atoms with Crippen LogP contribution >= 0.6 is 12.4 Å². The van der Waals surface area contributed by atoms with Crippen LogP contribution in [0.5, 0.6) is 5.75 Å². The van der Waals surface area contributed by atoms with Crippen LogP contribution in [0.1, 0.15) is 18.0 Å². The number of ether oxygens (including phenoxy) is 1. The van der Waals surface area contributed by atoms with E-state index in [0.29, 0.717) is 5.56 Å². The molecule has 0 heterocycles. The Bertz CT molecular complexity index is 365. The number of rotatable bonds is 3. The van der Waals surface area contributed by atoms with Gasteiger partial charge in [0, 0.05) is 11.6 Å². The Kier molecular flexibility index (Phi) is 5.68. The molecule has 0 saturated heterocycles. The monoisotopic (exact) mass is 230 g/mol. The number of benzene rings is 1. The van der Waals surface area contributed by atoms with Crippen molar-refractivity contribution >= 4 is 12.4 Å². The van der Waals surface area contributed by atoms with Crippen LogP contribution in [0.15, 0.2) is 18.2 Å². The molecule has 0 aliphatic heterocycles. The molecule has 0 bridgehead atoms. The number of halogens is 2. The van der Waals surface area contributed by atoms with Gasteiger partial charge in [-0.3, -0.25) is 0 Å². The van der Waals surface area contributed by atoms with Gasteiger partial charge in [0.15, 0.2) is 11.6 Å². The maximum absolute atomic E-state index is 13.2. The average molecular weight is 231 g/mol. The number of nitrogens with two attached hydrogens (primary N) is 1. The van der Waals surface area contributed by atoms with Crippen LogP contribution in [-0.2, 0) is 0 Å². The van der Waals surface area contributed by atoms with E-state index in [1.165, 1.54) is 13.2 Å². The van der Waals surface area contributed by atoms with E-state index >= 15 is 0 Å². The number of methoxy groups -OCH3 is 1. The number of hydrogen-bond donors (Lipinski definition) is 1. The van der Waals surface area contributed by atoms with Gasteiger partial charge in [-0.2, -0.15) is 5.26 Å². The zero-order valence-corrected chi connectivity index (χ0v) is 9.05. The molecule has 0 spiro atoms. The lowest BCUT2D eigenvalue weighted by atomic mass is 10.0. The summed E-state index contributed by atoms with van der Waals surface area (Å²) in [5.74, 6) is -0.339. The highest BCUT2D eigenvalue weighted by molar-refractivity contribution is 5.85. The van der Waals surface area contributed by atoms with Crippen LogP contribution in [0.4, 0.5) is 4.39 Å². The Hall–Kier alpha value is -1.31. The van der Waals surface area contributed by atoms with Gasteiger partial charge in [0.1, 0.15) is 0 Å². The Balaban J connectivity index is 0.00000196. The lowest BCUT2D eigenvalue weighted by molar-refractivity contribution is 0.378. The molecule has 0 aliphatic rings. The van der Waals surface area contributed by atoms with Crippen molar-refractivity contribution in [3.05, 3.63) is 29.6 Å². The van der Waals surface area contributed by atoms with Gasteiger partial charge in [0.25, 0.3) is 0 Å². The molecular weight excluding hydrogens is 219 g/mol. The second kappa shape index (κ2) is 6.23. The van der Waals surface area contributed by atoms with Gasteiger partial charge in [0.2, 0.25) is 0 Å². The zero-order valence-electron chi connectivity index (χ0n) is 8.24. The molecule has 2 N–H and O–H groups in total. The van der Waals surface area contributed by atoms with Gasteiger partial charge >= 0.3 is 0 Å². The molecule has 0 aliphatic carbocycles. The van der Waals surface area contributed by atoms with Crippen molar-refractivity contribution in [2.75, 3.05) is 7.11 Å². The summed E-state index contributed by atoms with van der Waals surface area (Å²) in [7, 11) is 1.38. The third kappa shape index (κ3) is 3.08. The topological polar surface area (TPSA) is 59.0 Å². The first-order chi connectivity index (χ1) is 6.70. The summed E-state index contributed by atoms with van der Waals surface area (Å²) in [5.41, 5.74) is 6.20. The molecule has 0 aromatic heterocycles. The Morgan fingerprint density at radius 1 is 1.60 bits per heavy atom. The maximum atomic E-state index is 13.2. The summed E-state index contributed by atoms with van der Waals surface area (Å²) in [6, 6.07) is 5.92. The van der Waals surface area contributed by atoms with Crippen LogP contribution in [-0.4, -0.2) is 7.11 Å². The van der Waals surface area contributed by atoms with E-state index < -0.39 is 11.9 Å². The van der Waals surface area contributed by atoms with Crippen molar-refractivity contribution in [3.8, 4) is 11.8 Å². The molecule has 0 amide bonds. The summed E-state index contributed by atoms with van der Waals surface area (Å²) in [4.78, 5) is 0. The fraction of sp³-hybridized carbons (Fsp3) is 0.300. The van der Waals surface area contributed by atoms with E-state index in [9.17, 15) is 4.39 Å². The Morgan fingerprint density at radius 3 is 2.80 bits per heavy atom. The van der Waals surface area contributed by atoms with Crippen LogP contribution in [0, 0.1) is 17.1 Å². The molecule has 3 nitrogen and oxygen atoms in total. The first kappa shape index (κ1) is 13.7. The molecule has 0 unspecified atom stereocenters. The molecule has 82 valence electrons. The van der Waals surface area contributed by atoms with Crippen molar-refractivity contribution in [1.29, 1.82) is 5.26 Å². The van der Waals surface area contributed by atoms with E-state index in [-0.39, 0.29) is 24.6 Å². The van der Waals surface area contributed by atoms with E-state index in [1.54, 1.807) is 12.1 Å². The summed E-state index contributed by atoms with van der Waals surface area (Å²) >= 11 is 0. The molecule has 1 aromatic carbocycles. The van der Waals surface area contributed by atoms with Crippen LogP contribution in [0.25, 0.3) is 0 Å². The molecular formula is C10H12ClFN2O. The number of nitriles is 1. The summed E-state index contributed by atoms with van der Waals surface area (Å²) in [6.45, 7) is 0. The first-order valence-corrected chi connectivity index (χ1v) is 4.15. The molecule has 15 heavy (non-hydrogen) atoms. The van der Waals surface area contributed by atoms with E-state index in [4.69, 9.17) is 15.7 Å². The standard InChI is InChI=1S/C10H11FN2O.ClH/c1-14-10-7(9(13)5-6-12)3-2-4-8(10)11;/h2-4,9H,5,13H2,1H3;1H/t9-;/m0./s1. The number of nitrogens with zero attached hydrogens (tertiary/aromatic N) is 1. The molecule has 0 fully saturated rings. The zero-order chi connectivity index (χ0) is 10.6. The highest BCUT2D eigenvalue weighted by atomic mass is 35.5. The van der Waals surface area contributed by atoms with E-state index in [0.717, 1.165) is 0 Å². The van der Waals surface area contributed by atoms with Gasteiger partial charge in [-0.25, -0.2) is 4.39 Å². The highest BCUT2D eigenvalue weighted by Gasteiger charge is 2.14. The SMILES string of the molecule is COc1c(F)cccc1[C@@H](N)CC#N.Cl. The van der Waals surface area contributed by atoms with Gasteiger partial charge in [-0.1, -0.05) is 12.1 Å². The Morgan fingerprint density at radius 2 is 2.27 bits per heavy atom. The summed E-state index contributed by atoms with van der Waals surface area (Å²) in [6.07, 6.45) is 0.139. The van der Waals surface area contributed by atoms with Gasteiger partial charge < -0.3 is 10.5 Å². The fourth-order valence-electron chi connectivity index (χ4n) is 1.24. The summed E-state index contributed by atoms with van der Waals surface area (Å²) < 4.78 is 18.1. The van der Waals surface area contributed by atoms with Gasteiger partial charge in [-0.05, 0) is 6.07 Å². The number of para-hydroxylation sites is 1. The van der Waals surface area contributed by atoms with Gasteiger partial charge in [0.05, 0.1) is 19.6 Å². The van der Waals surface area contributed by atoms with Crippen molar-refractivity contribution in [2.24, 2.45) is 5.73 Å². The van der Waals surface area contributed by atoms with Crippen molar-refractivity contribution in [2.45, 2.75) is 12.5 Å². The molecule has 5 heteroatoms. The normalized spacial score (nSPS) is 11.1. The van der Waals surface area contributed by atoms with Crippen molar-refractivity contribution in [3.63, 3.8) is 0 Å². The average Bonchev–Trinajstić information content (AvgIpc) is 2.17. The third-order valence-electron chi connectivity index (χ3n) is 1.91. The minimum absolute atomic E-state index is 0. The second-order valence-corrected chi connectivity index (χ2v) is 2.83. The third-order valence-corrected chi connectivity index (χ3v) is 1.91. The predicted octanol–water partition coefficient (Wildman–Crippen LogP) is 2.17. The largest absolute Gasteiger partial charge is 0.493 e. The minimum Gasteiger partial charge on any atom is -0.493 e. The molecule has 1 aromatic rings. The predicted molar refractivity (Wildman–Crippen MR) is 57.4 cm³/mol. The molecule has 0 saturated carbocycles. The maximum Gasteiger partial charge on any atom is 0.165 e. The molecule has 1 atom stereocenters. The number of hydrogen-bond acceptors (Lipinski definition) is 3. The van der Waals surface area contributed by atoms with E-state index in [2.05, 4.69) is 0 Å². The van der Waals surface area contributed by atoms with Gasteiger partial charge in [-0.15, -0.1) is 12.4 Å². The smallest absolute Gasteiger partial charge is 0.165 e. The Labute approximate surface area is 94.1 Å². The first-order valence-electron chi connectivity index (χ1n) is 4.15. The second-order valence-electron chi connectivity index (χ2n) is 2.83. The van der Waals surface area contributed by atoms with E-state index in [1.807, 2.05) is 6.07 Å². The van der Waals surface area contributed by atoms with Crippen LogP contribution in [0.3, 0.4) is 0 Å². The van der Waals surface area contributed by atoms with Crippen LogP contribution < -0.4 is 10.5 Å². The summed E-state index contributed by atoms with van der Waals surface area (Å²) in [5, 5.41) is 8.47. The highest BCUT2D eigenvalue weighted by Crippen LogP contribution is 2.27.